The SMILES string of the molecule is COCCCN(CC(=O)N(CCc1ccc(OC)c(OC)c1)Cc1ccco1)C(=O)c1ccc(C)cc1. The Morgan fingerprint density at radius 2 is 1.65 bits per heavy atom. The summed E-state index contributed by atoms with van der Waals surface area (Å²) < 4.78 is 21.4. The van der Waals surface area contributed by atoms with E-state index in [2.05, 4.69) is 0 Å². The molecule has 0 N–H and O–H groups in total. The Morgan fingerprint density at radius 1 is 0.892 bits per heavy atom. The van der Waals surface area contributed by atoms with E-state index in [0.29, 0.717) is 61.9 Å². The monoisotopic (exact) mass is 508 g/mol. The smallest absolute Gasteiger partial charge is 0.254 e. The van der Waals surface area contributed by atoms with Crippen molar-refractivity contribution in [2.75, 3.05) is 47.6 Å². The molecule has 0 fully saturated rings. The molecule has 198 valence electrons. The van der Waals surface area contributed by atoms with E-state index in [1.54, 1.807) is 55.6 Å². The van der Waals surface area contributed by atoms with Crippen LogP contribution in [0.25, 0.3) is 0 Å². The molecule has 0 spiro atoms. The van der Waals surface area contributed by atoms with E-state index in [1.165, 1.54) is 0 Å². The molecule has 1 aromatic heterocycles. The summed E-state index contributed by atoms with van der Waals surface area (Å²) in [5.74, 6) is 1.63. The average molecular weight is 509 g/mol. The lowest BCUT2D eigenvalue weighted by atomic mass is 10.1. The maximum atomic E-state index is 13.6. The van der Waals surface area contributed by atoms with E-state index in [0.717, 1.165) is 11.1 Å². The van der Waals surface area contributed by atoms with Crippen LogP contribution in [-0.4, -0.2) is 69.2 Å². The fourth-order valence-corrected chi connectivity index (χ4v) is 3.98. The van der Waals surface area contributed by atoms with Crippen molar-refractivity contribution in [3.63, 3.8) is 0 Å². The highest BCUT2D eigenvalue weighted by molar-refractivity contribution is 5.96. The molecule has 0 atom stereocenters. The number of methoxy groups -OCH3 is 3. The number of aryl methyl sites for hydroxylation is 1. The highest BCUT2D eigenvalue weighted by Crippen LogP contribution is 2.27. The number of hydrogen-bond donors (Lipinski definition) is 0. The second kappa shape index (κ2) is 14.1. The highest BCUT2D eigenvalue weighted by Gasteiger charge is 2.23. The molecule has 8 heteroatoms. The van der Waals surface area contributed by atoms with Crippen molar-refractivity contribution in [2.24, 2.45) is 0 Å². The molecule has 1 heterocycles. The molecule has 0 bridgehead atoms. The molecule has 0 unspecified atom stereocenters. The summed E-state index contributed by atoms with van der Waals surface area (Å²) in [7, 11) is 4.81. The van der Waals surface area contributed by atoms with Gasteiger partial charge in [0, 0.05) is 32.4 Å². The van der Waals surface area contributed by atoms with Crippen LogP contribution in [0.4, 0.5) is 0 Å². The van der Waals surface area contributed by atoms with Crippen LogP contribution in [0.15, 0.2) is 65.3 Å². The van der Waals surface area contributed by atoms with Crippen LogP contribution in [0, 0.1) is 6.92 Å². The van der Waals surface area contributed by atoms with Gasteiger partial charge in [-0.2, -0.15) is 0 Å². The minimum atomic E-state index is -0.178. The third kappa shape index (κ3) is 8.11. The van der Waals surface area contributed by atoms with Gasteiger partial charge in [0.25, 0.3) is 5.91 Å². The summed E-state index contributed by atoms with van der Waals surface area (Å²) in [6.07, 6.45) is 2.82. The standard InChI is InChI=1S/C29H36N2O6/c1-22-8-11-24(12-9-22)29(33)31(15-6-17-34-2)21-28(32)30(20-25-7-5-18-37-25)16-14-23-10-13-26(35-3)27(19-23)36-4/h5,7-13,18-19H,6,14-17,20-21H2,1-4H3. The Morgan fingerprint density at radius 3 is 2.30 bits per heavy atom. The molecular formula is C29H36N2O6. The van der Waals surface area contributed by atoms with Crippen molar-refractivity contribution in [2.45, 2.75) is 26.3 Å². The lowest BCUT2D eigenvalue weighted by molar-refractivity contribution is -0.132. The third-order valence-corrected chi connectivity index (χ3v) is 6.09. The van der Waals surface area contributed by atoms with Gasteiger partial charge < -0.3 is 28.4 Å². The normalized spacial score (nSPS) is 10.7. The van der Waals surface area contributed by atoms with E-state index in [-0.39, 0.29) is 18.4 Å². The van der Waals surface area contributed by atoms with Gasteiger partial charge in [0.15, 0.2) is 11.5 Å². The summed E-state index contributed by atoms with van der Waals surface area (Å²) in [6.45, 7) is 3.60. The maximum Gasteiger partial charge on any atom is 0.254 e. The molecule has 2 aromatic carbocycles. The molecule has 37 heavy (non-hydrogen) atoms. The second-order valence-corrected chi connectivity index (χ2v) is 8.77. The second-order valence-electron chi connectivity index (χ2n) is 8.77. The molecule has 0 aliphatic heterocycles. The Labute approximate surface area is 218 Å². The first-order valence-corrected chi connectivity index (χ1v) is 12.3. The van der Waals surface area contributed by atoms with E-state index in [1.807, 2.05) is 43.3 Å². The molecule has 2 amide bonds. The van der Waals surface area contributed by atoms with Crippen molar-refractivity contribution < 1.29 is 28.2 Å². The number of carbonyl (C=O) groups is 2. The minimum absolute atomic E-state index is 0.0386. The van der Waals surface area contributed by atoms with Crippen molar-refractivity contribution in [1.29, 1.82) is 0 Å². The molecule has 0 saturated heterocycles. The summed E-state index contributed by atoms with van der Waals surface area (Å²) in [4.78, 5) is 30.2. The first-order valence-electron chi connectivity index (χ1n) is 12.3. The first kappa shape index (κ1) is 27.8. The Kier molecular flexibility index (Phi) is 10.6. The van der Waals surface area contributed by atoms with Crippen LogP contribution in [0.5, 0.6) is 11.5 Å². The molecular weight excluding hydrogens is 472 g/mol. The van der Waals surface area contributed by atoms with Gasteiger partial charge in [-0.3, -0.25) is 9.59 Å². The lowest BCUT2D eigenvalue weighted by Crippen LogP contribution is -2.44. The lowest BCUT2D eigenvalue weighted by Gasteiger charge is -2.27. The van der Waals surface area contributed by atoms with Crippen molar-refractivity contribution in [3.05, 3.63) is 83.3 Å². The van der Waals surface area contributed by atoms with Gasteiger partial charge in [-0.1, -0.05) is 23.8 Å². The van der Waals surface area contributed by atoms with Crippen LogP contribution in [0.3, 0.4) is 0 Å². The van der Waals surface area contributed by atoms with Gasteiger partial charge in [0.05, 0.1) is 27.0 Å². The highest BCUT2D eigenvalue weighted by atomic mass is 16.5. The number of rotatable bonds is 14. The number of benzene rings is 2. The van der Waals surface area contributed by atoms with Crippen LogP contribution in [0.1, 0.15) is 33.7 Å². The molecule has 8 nitrogen and oxygen atoms in total. The zero-order chi connectivity index (χ0) is 26.6. The van der Waals surface area contributed by atoms with Gasteiger partial charge in [-0.05, 0) is 61.7 Å². The summed E-state index contributed by atoms with van der Waals surface area (Å²) in [5, 5.41) is 0. The molecule has 0 saturated carbocycles. The Hall–Kier alpha value is -3.78. The number of ether oxygens (including phenoxy) is 3. The van der Waals surface area contributed by atoms with E-state index in [9.17, 15) is 9.59 Å². The number of carbonyl (C=O) groups excluding carboxylic acids is 2. The zero-order valence-electron chi connectivity index (χ0n) is 22.1. The molecule has 0 radical (unpaired) electrons. The van der Waals surface area contributed by atoms with Crippen molar-refractivity contribution >= 4 is 11.8 Å². The number of furan rings is 1. The summed E-state index contributed by atoms with van der Waals surface area (Å²) in [5.41, 5.74) is 2.62. The largest absolute Gasteiger partial charge is 0.493 e. The van der Waals surface area contributed by atoms with Gasteiger partial charge >= 0.3 is 0 Å². The maximum absolute atomic E-state index is 13.6. The predicted molar refractivity (Wildman–Crippen MR) is 141 cm³/mol. The topological polar surface area (TPSA) is 81.5 Å². The fourth-order valence-electron chi connectivity index (χ4n) is 3.98. The fraction of sp³-hybridized carbons (Fsp3) is 0.379. The Bertz CT molecular complexity index is 1130. The van der Waals surface area contributed by atoms with Crippen LogP contribution < -0.4 is 9.47 Å². The van der Waals surface area contributed by atoms with Gasteiger partial charge in [0.2, 0.25) is 5.91 Å². The minimum Gasteiger partial charge on any atom is -0.493 e. The van der Waals surface area contributed by atoms with Crippen LogP contribution in [-0.2, 0) is 22.5 Å². The first-order chi connectivity index (χ1) is 17.9. The van der Waals surface area contributed by atoms with E-state index >= 15 is 0 Å². The van der Waals surface area contributed by atoms with E-state index in [4.69, 9.17) is 18.6 Å². The molecule has 3 rings (SSSR count). The van der Waals surface area contributed by atoms with Crippen molar-refractivity contribution in [1.82, 2.24) is 9.80 Å². The molecule has 0 aliphatic carbocycles. The number of nitrogens with zero attached hydrogens (tertiary/aromatic N) is 2. The van der Waals surface area contributed by atoms with Gasteiger partial charge in [0.1, 0.15) is 12.3 Å². The summed E-state index contributed by atoms with van der Waals surface area (Å²) >= 11 is 0. The van der Waals surface area contributed by atoms with Gasteiger partial charge in [-0.25, -0.2) is 0 Å². The number of hydrogen-bond acceptors (Lipinski definition) is 6. The molecule has 3 aromatic rings. The van der Waals surface area contributed by atoms with E-state index < -0.39 is 0 Å². The predicted octanol–water partition coefficient (Wildman–Crippen LogP) is 4.36. The third-order valence-electron chi connectivity index (χ3n) is 6.09. The van der Waals surface area contributed by atoms with Gasteiger partial charge in [-0.15, -0.1) is 0 Å². The zero-order valence-corrected chi connectivity index (χ0v) is 22.1. The van der Waals surface area contributed by atoms with Crippen LogP contribution in [0.2, 0.25) is 0 Å². The van der Waals surface area contributed by atoms with Crippen molar-refractivity contribution in [3.8, 4) is 11.5 Å². The average Bonchev–Trinajstić information content (AvgIpc) is 3.43. The molecule has 0 aliphatic rings. The Balaban J connectivity index is 1.76. The summed E-state index contributed by atoms with van der Waals surface area (Å²) in [6, 6.07) is 16.7. The van der Waals surface area contributed by atoms with Crippen LogP contribution >= 0.6 is 0 Å². The number of amides is 2. The quantitative estimate of drug-likeness (QED) is 0.301.